The Hall–Kier alpha value is -0.750. The molecule has 1 unspecified atom stereocenters. The minimum atomic E-state index is -0.483. The van der Waals surface area contributed by atoms with Crippen molar-refractivity contribution in [3.05, 3.63) is 16.1 Å². The summed E-state index contributed by atoms with van der Waals surface area (Å²) in [4.78, 5) is 4.14. The standard InChI is InChI=1S/C12H20Cl2N4O/c1-12(2,3)5-7(19)6-16-10-8(13)4-9(14)11(17-10)18-15/h4,7,19H,5-6,15H2,1-3H3,(H2,16,17,18). The Balaban J connectivity index is 2.67. The number of pyridine rings is 1. The summed E-state index contributed by atoms with van der Waals surface area (Å²) in [6, 6.07) is 1.55. The van der Waals surface area contributed by atoms with E-state index < -0.39 is 6.10 Å². The van der Waals surface area contributed by atoms with Crippen molar-refractivity contribution in [1.29, 1.82) is 0 Å². The molecular formula is C12H20Cl2N4O. The molecule has 5 nitrogen and oxygen atoms in total. The van der Waals surface area contributed by atoms with Gasteiger partial charge in [0.15, 0.2) is 5.82 Å². The molecule has 0 fully saturated rings. The van der Waals surface area contributed by atoms with Crippen molar-refractivity contribution >= 4 is 34.8 Å². The molecule has 0 radical (unpaired) electrons. The van der Waals surface area contributed by atoms with E-state index in [1.165, 1.54) is 0 Å². The molecule has 0 saturated carbocycles. The Morgan fingerprint density at radius 2 is 1.89 bits per heavy atom. The fourth-order valence-corrected chi connectivity index (χ4v) is 2.17. The molecule has 1 rings (SSSR count). The third kappa shape index (κ3) is 5.40. The highest BCUT2D eigenvalue weighted by atomic mass is 35.5. The number of halogens is 2. The molecule has 0 saturated heterocycles. The second-order valence-corrected chi connectivity index (χ2v) is 6.41. The lowest BCUT2D eigenvalue weighted by atomic mass is 9.89. The van der Waals surface area contributed by atoms with Crippen LogP contribution in [-0.2, 0) is 0 Å². The number of rotatable bonds is 5. The SMILES string of the molecule is CC(C)(C)CC(O)CNc1nc(NN)c(Cl)cc1Cl. The van der Waals surface area contributed by atoms with Gasteiger partial charge in [0.05, 0.1) is 16.1 Å². The topological polar surface area (TPSA) is 83.2 Å². The fourth-order valence-electron chi connectivity index (χ4n) is 1.69. The molecule has 1 aromatic rings. The zero-order valence-corrected chi connectivity index (χ0v) is 12.8. The Bertz CT molecular complexity index is 434. The zero-order chi connectivity index (χ0) is 14.6. The lowest BCUT2D eigenvalue weighted by molar-refractivity contribution is 0.132. The quantitative estimate of drug-likeness (QED) is 0.496. The number of nitrogens with zero attached hydrogens (tertiary/aromatic N) is 1. The third-order valence-electron chi connectivity index (χ3n) is 2.42. The molecular weight excluding hydrogens is 287 g/mol. The van der Waals surface area contributed by atoms with Gasteiger partial charge in [-0.3, -0.25) is 0 Å². The van der Waals surface area contributed by atoms with Gasteiger partial charge in [0.1, 0.15) is 5.82 Å². The van der Waals surface area contributed by atoms with E-state index in [1.807, 2.05) is 0 Å². The van der Waals surface area contributed by atoms with Crippen molar-refractivity contribution in [1.82, 2.24) is 4.98 Å². The highest BCUT2D eigenvalue weighted by molar-refractivity contribution is 6.37. The van der Waals surface area contributed by atoms with Crippen molar-refractivity contribution in [2.45, 2.75) is 33.3 Å². The first-order valence-corrected chi connectivity index (χ1v) is 6.73. The Labute approximate surface area is 123 Å². The molecule has 0 aliphatic rings. The normalized spacial score (nSPS) is 13.2. The van der Waals surface area contributed by atoms with E-state index in [0.29, 0.717) is 34.6 Å². The molecule has 0 aliphatic carbocycles. The number of aromatic nitrogens is 1. The number of aliphatic hydroxyl groups is 1. The fraction of sp³-hybridized carbons (Fsp3) is 0.583. The first-order chi connectivity index (χ1) is 8.73. The molecule has 5 N–H and O–H groups in total. The smallest absolute Gasteiger partial charge is 0.161 e. The van der Waals surface area contributed by atoms with Crippen LogP contribution in [0.2, 0.25) is 10.0 Å². The van der Waals surface area contributed by atoms with E-state index in [9.17, 15) is 5.11 Å². The highest BCUT2D eigenvalue weighted by Crippen LogP contribution is 2.29. The third-order valence-corrected chi connectivity index (χ3v) is 3.00. The molecule has 0 amide bonds. The first-order valence-electron chi connectivity index (χ1n) is 5.97. The maximum atomic E-state index is 9.92. The van der Waals surface area contributed by atoms with E-state index in [0.717, 1.165) is 0 Å². The van der Waals surface area contributed by atoms with Crippen LogP contribution in [0.1, 0.15) is 27.2 Å². The Kier molecular flexibility index (Phi) is 5.67. The molecule has 0 spiro atoms. The van der Waals surface area contributed by atoms with Crippen LogP contribution in [0.4, 0.5) is 11.6 Å². The van der Waals surface area contributed by atoms with Crippen molar-refractivity contribution < 1.29 is 5.11 Å². The van der Waals surface area contributed by atoms with Gasteiger partial charge in [0.25, 0.3) is 0 Å². The number of hydrogen-bond donors (Lipinski definition) is 4. The van der Waals surface area contributed by atoms with Gasteiger partial charge in [-0.2, -0.15) is 0 Å². The van der Waals surface area contributed by atoms with Crippen molar-refractivity contribution in [2.24, 2.45) is 11.3 Å². The Morgan fingerprint density at radius 3 is 2.42 bits per heavy atom. The summed E-state index contributed by atoms with van der Waals surface area (Å²) in [5, 5.41) is 13.6. The van der Waals surface area contributed by atoms with Crippen LogP contribution in [-0.4, -0.2) is 22.7 Å². The second-order valence-electron chi connectivity index (χ2n) is 5.59. The molecule has 0 aromatic carbocycles. The average Bonchev–Trinajstić information content (AvgIpc) is 2.25. The molecule has 108 valence electrons. The van der Waals surface area contributed by atoms with Gasteiger partial charge in [-0.25, -0.2) is 10.8 Å². The summed E-state index contributed by atoms with van der Waals surface area (Å²) >= 11 is 11.9. The van der Waals surface area contributed by atoms with Crippen LogP contribution in [0.5, 0.6) is 0 Å². The number of nitrogen functional groups attached to an aromatic ring is 1. The number of nitrogens with two attached hydrogens (primary N) is 1. The second kappa shape index (κ2) is 6.61. The summed E-state index contributed by atoms with van der Waals surface area (Å²) in [6.07, 6.45) is 0.190. The average molecular weight is 307 g/mol. The summed E-state index contributed by atoms with van der Waals surface area (Å²) in [6.45, 7) is 6.57. The molecule has 0 bridgehead atoms. The van der Waals surface area contributed by atoms with Crippen molar-refractivity contribution in [2.75, 3.05) is 17.3 Å². The summed E-state index contributed by atoms with van der Waals surface area (Å²) in [5.74, 6) is 6.06. The molecule has 7 heteroatoms. The van der Waals surface area contributed by atoms with Crippen LogP contribution in [0.25, 0.3) is 0 Å². The number of aliphatic hydroxyl groups excluding tert-OH is 1. The molecule has 19 heavy (non-hydrogen) atoms. The van der Waals surface area contributed by atoms with E-state index in [4.69, 9.17) is 29.0 Å². The minimum absolute atomic E-state index is 0.0578. The summed E-state index contributed by atoms with van der Waals surface area (Å²) in [5.41, 5.74) is 2.44. The van der Waals surface area contributed by atoms with Crippen molar-refractivity contribution in [3.8, 4) is 0 Å². The van der Waals surface area contributed by atoms with Gasteiger partial charge in [0.2, 0.25) is 0 Å². The van der Waals surface area contributed by atoms with Gasteiger partial charge in [0, 0.05) is 6.54 Å². The maximum Gasteiger partial charge on any atom is 0.161 e. The largest absolute Gasteiger partial charge is 0.391 e. The van der Waals surface area contributed by atoms with Crippen LogP contribution < -0.4 is 16.6 Å². The molecule has 1 atom stereocenters. The van der Waals surface area contributed by atoms with Gasteiger partial charge >= 0.3 is 0 Å². The molecule has 1 heterocycles. The van der Waals surface area contributed by atoms with E-state index in [1.54, 1.807) is 6.07 Å². The summed E-state index contributed by atoms with van der Waals surface area (Å²) in [7, 11) is 0. The van der Waals surface area contributed by atoms with Crippen LogP contribution in [0.3, 0.4) is 0 Å². The maximum absolute atomic E-state index is 9.92. The number of anilines is 2. The highest BCUT2D eigenvalue weighted by Gasteiger charge is 2.17. The predicted molar refractivity (Wildman–Crippen MR) is 80.6 cm³/mol. The van der Waals surface area contributed by atoms with E-state index in [-0.39, 0.29) is 5.41 Å². The minimum Gasteiger partial charge on any atom is -0.391 e. The van der Waals surface area contributed by atoms with Gasteiger partial charge in [-0.15, -0.1) is 0 Å². The van der Waals surface area contributed by atoms with Crippen molar-refractivity contribution in [3.63, 3.8) is 0 Å². The Morgan fingerprint density at radius 1 is 1.32 bits per heavy atom. The van der Waals surface area contributed by atoms with Crippen LogP contribution >= 0.6 is 23.2 Å². The van der Waals surface area contributed by atoms with E-state index >= 15 is 0 Å². The molecule has 0 aliphatic heterocycles. The lowest BCUT2D eigenvalue weighted by Crippen LogP contribution is -2.25. The van der Waals surface area contributed by atoms with Gasteiger partial charge in [-0.05, 0) is 17.9 Å². The molecule has 1 aromatic heterocycles. The number of nitrogens with one attached hydrogen (secondary N) is 2. The summed E-state index contributed by atoms with van der Waals surface area (Å²) < 4.78 is 0. The van der Waals surface area contributed by atoms with Gasteiger partial charge < -0.3 is 15.8 Å². The van der Waals surface area contributed by atoms with E-state index in [2.05, 4.69) is 36.5 Å². The number of hydrazine groups is 1. The van der Waals surface area contributed by atoms with Crippen LogP contribution in [0.15, 0.2) is 6.07 Å². The predicted octanol–water partition coefficient (Wildman–Crippen LogP) is 2.88. The first kappa shape index (κ1) is 16.3. The van der Waals surface area contributed by atoms with Crippen LogP contribution in [0, 0.1) is 5.41 Å². The monoisotopic (exact) mass is 306 g/mol. The zero-order valence-electron chi connectivity index (χ0n) is 11.3. The lowest BCUT2D eigenvalue weighted by Gasteiger charge is -2.22. The van der Waals surface area contributed by atoms with Gasteiger partial charge in [-0.1, -0.05) is 44.0 Å². The number of hydrogen-bond acceptors (Lipinski definition) is 5.